The van der Waals surface area contributed by atoms with E-state index in [-0.39, 0.29) is 11.3 Å². The first-order chi connectivity index (χ1) is 11.0. The highest BCUT2D eigenvalue weighted by atomic mass is 32.2. The molecule has 0 spiro atoms. The highest BCUT2D eigenvalue weighted by Gasteiger charge is 2.13. The summed E-state index contributed by atoms with van der Waals surface area (Å²) in [5.74, 6) is -0.897. The van der Waals surface area contributed by atoms with Crippen LogP contribution in [0.5, 0.6) is 0 Å². The number of nitrogens with zero attached hydrogens (tertiary/aromatic N) is 2. The molecule has 3 rings (SSSR count). The zero-order chi connectivity index (χ0) is 16.4. The summed E-state index contributed by atoms with van der Waals surface area (Å²) in [4.78, 5) is 8.79. The van der Waals surface area contributed by atoms with E-state index in [1.807, 2.05) is 18.4 Å². The summed E-state index contributed by atoms with van der Waals surface area (Å²) in [5.41, 5.74) is 3.09. The van der Waals surface area contributed by atoms with Crippen molar-refractivity contribution in [1.82, 2.24) is 9.97 Å². The van der Waals surface area contributed by atoms with Gasteiger partial charge in [-0.2, -0.15) is 0 Å². The predicted molar refractivity (Wildman–Crippen MR) is 88.1 cm³/mol. The lowest BCUT2D eigenvalue weighted by molar-refractivity contribution is 0.533. The van der Waals surface area contributed by atoms with Crippen LogP contribution in [0.3, 0.4) is 0 Å². The second-order valence-electron chi connectivity index (χ2n) is 4.95. The molecule has 0 N–H and O–H groups in total. The Labute approximate surface area is 139 Å². The standard InChI is InChI=1S/C16H13FN2O2S2/c1-10-8-22-16(19-10)13-3-2-6-18-15(13)11-4-5-12(9-23(20)21)14(17)7-11/h2-8H,9H2,1H3,(H,20,21)/p-1. The molecule has 3 aromatic rings. The van der Waals surface area contributed by atoms with E-state index in [1.165, 1.54) is 23.5 Å². The fraction of sp³-hybridized carbons (Fsp3) is 0.125. The second-order valence-corrected chi connectivity index (χ2v) is 6.70. The molecule has 1 atom stereocenters. The largest absolute Gasteiger partial charge is 0.772 e. The van der Waals surface area contributed by atoms with Crippen molar-refractivity contribution in [3.8, 4) is 21.8 Å². The van der Waals surface area contributed by atoms with E-state index in [1.54, 1.807) is 18.3 Å². The van der Waals surface area contributed by atoms with Crippen molar-refractivity contribution in [2.45, 2.75) is 12.7 Å². The molecule has 118 valence electrons. The smallest absolute Gasteiger partial charge is 0.127 e. The summed E-state index contributed by atoms with van der Waals surface area (Å²) in [6.45, 7) is 1.91. The average molecular weight is 347 g/mol. The fourth-order valence-electron chi connectivity index (χ4n) is 2.22. The first-order valence-corrected chi connectivity index (χ1v) is 8.89. The third kappa shape index (κ3) is 3.52. The minimum absolute atomic E-state index is 0.143. The number of thiazole rings is 1. The summed E-state index contributed by atoms with van der Waals surface area (Å²) >= 11 is -0.822. The summed E-state index contributed by atoms with van der Waals surface area (Å²) in [6.07, 6.45) is 1.64. The zero-order valence-corrected chi connectivity index (χ0v) is 13.8. The normalized spacial score (nSPS) is 12.3. The van der Waals surface area contributed by atoms with Crippen LogP contribution in [0, 0.1) is 12.7 Å². The van der Waals surface area contributed by atoms with E-state index in [2.05, 4.69) is 9.97 Å². The van der Waals surface area contributed by atoms with E-state index in [9.17, 15) is 13.2 Å². The Bertz CT molecular complexity index is 880. The Morgan fingerprint density at radius 3 is 2.83 bits per heavy atom. The van der Waals surface area contributed by atoms with Crippen LogP contribution in [-0.2, 0) is 16.8 Å². The summed E-state index contributed by atoms with van der Waals surface area (Å²) in [6, 6.07) is 8.16. The summed E-state index contributed by atoms with van der Waals surface area (Å²) in [5, 5.41) is 2.76. The van der Waals surface area contributed by atoms with Crippen molar-refractivity contribution >= 4 is 22.4 Å². The minimum Gasteiger partial charge on any atom is -0.772 e. The van der Waals surface area contributed by atoms with Gasteiger partial charge in [0.1, 0.15) is 10.8 Å². The van der Waals surface area contributed by atoms with Crippen LogP contribution < -0.4 is 0 Å². The Balaban J connectivity index is 2.06. The van der Waals surface area contributed by atoms with Crippen LogP contribution in [0.2, 0.25) is 0 Å². The maximum absolute atomic E-state index is 14.1. The number of rotatable bonds is 4. The van der Waals surface area contributed by atoms with Crippen LogP contribution >= 0.6 is 11.3 Å². The number of benzene rings is 1. The molecule has 0 fully saturated rings. The molecule has 0 aliphatic rings. The third-order valence-corrected chi connectivity index (χ3v) is 4.80. The quantitative estimate of drug-likeness (QED) is 0.675. The molecule has 0 bridgehead atoms. The highest BCUT2D eigenvalue weighted by molar-refractivity contribution is 7.78. The summed E-state index contributed by atoms with van der Waals surface area (Å²) in [7, 11) is 0. The Morgan fingerprint density at radius 1 is 1.35 bits per heavy atom. The van der Waals surface area contributed by atoms with Crippen LogP contribution in [-0.4, -0.2) is 18.7 Å². The molecule has 0 radical (unpaired) electrons. The molecule has 0 aliphatic carbocycles. The Kier molecular flexibility index (Phi) is 4.61. The van der Waals surface area contributed by atoms with Gasteiger partial charge >= 0.3 is 0 Å². The third-order valence-electron chi connectivity index (χ3n) is 3.26. The van der Waals surface area contributed by atoms with Gasteiger partial charge in [0.05, 0.1) is 5.69 Å². The summed E-state index contributed by atoms with van der Waals surface area (Å²) < 4.78 is 35.6. The molecule has 0 aliphatic heterocycles. The molecule has 0 saturated carbocycles. The van der Waals surface area contributed by atoms with E-state index in [4.69, 9.17) is 0 Å². The van der Waals surface area contributed by atoms with Crippen molar-refractivity contribution in [3.63, 3.8) is 0 Å². The van der Waals surface area contributed by atoms with Gasteiger partial charge in [0.15, 0.2) is 0 Å². The lowest BCUT2D eigenvalue weighted by Gasteiger charge is -2.10. The Hall–Kier alpha value is -1.96. The van der Waals surface area contributed by atoms with Gasteiger partial charge in [-0.25, -0.2) is 9.37 Å². The first kappa shape index (κ1) is 15.9. The average Bonchev–Trinajstić information content (AvgIpc) is 2.95. The van der Waals surface area contributed by atoms with Gasteiger partial charge in [-0.1, -0.05) is 23.2 Å². The Morgan fingerprint density at radius 2 is 2.17 bits per heavy atom. The lowest BCUT2D eigenvalue weighted by Crippen LogP contribution is -1.98. The molecule has 2 heterocycles. The van der Waals surface area contributed by atoms with Crippen molar-refractivity contribution in [1.29, 1.82) is 0 Å². The van der Waals surface area contributed by atoms with Crippen LogP contribution in [0.25, 0.3) is 21.8 Å². The number of hydrogen-bond acceptors (Lipinski definition) is 5. The van der Waals surface area contributed by atoms with E-state index in [0.717, 1.165) is 16.3 Å². The monoisotopic (exact) mass is 347 g/mol. The molecular formula is C16H12FN2O2S2-. The van der Waals surface area contributed by atoms with E-state index < -0.39 is 16.9 Å². The number of halogens is 1. The van der Waals surface area contributed by atoms with E-state index >= 15 is 0 Å². The van der Waals surface area contributed by atoms with Gasteiger partial charge in [-0.3, -0.25) is 9.19 Å². The van der Waals surface area contributed by atoms with Crippen LogP contribution in [0.4, 0.5) is 4.39 Å². The van der Waals surface area contributed by atoms with Gasteiger partial charge < -0.3 is 4.55 Å². The first-order valence-electron chi connectivity index (χ1n) is 6.77. The zero-order valence-electron chi connectivity index (χ0n) is 12.2. The van der Waals surface area contributed by atoms with E-state index in [0.29, 0.717) is 11.3 Å². The molecule has 23 heavy (non-hydrogen) atoms. The van der Waals surface area contributed by atoms with Crippen molar-refractivity contribution in [2.24, 2.45) is 0 Å². The second kappa shape index (κ2) is 6.66. The minimum atomic E-state index is -2.32. The van der Waals surface area contributed by atoms with Crippen LogP contribution in [0.1, 0.15) is 11.3 Å². The van der Waals surface area contributed by atoms with Gasteiger partial charge in [-0.05, 0) is 30.7 Å². The van der Waals surface area contributed by atoms with Gasteiger partial charge in [0.25, 0.3) is 0 Å². The molecule has 0 amide bonds. The fourth-order valence-corrected chi connectivity index (χ4v) is 3.54. The number of aromatic nitrogens is 2. The SMILES string of the molecule is Cc1csc(-c2cccnc2-c2ccc(CS(=O)[O-])c(F)c2)n1. The molecule has 7 heteroatoms. The maximum atomic E-state index is 14.1. The predicted octanol–water partition coefficient (Wildman–Crippen LogP) is 3.70. The molecule has 4 nitrogen and oxygen atoms in total. The molecule has 2 aromatic heterocycles. The highest BCUT2D eigenvalue weighted by Crippen LogP contribution is 2.32. The molecule has 1 aromatic carbocycles. The van der Waals surface area contributed by atoms with Gasteiger partial charge in [0, 0.05) is 34.2 Å². The van der Waals surface area contributed by atoms with Crippen molar-refractivity contribution < 1.29 is 13.2 Å². The maximum Gasteiger partial charge on any atom is 0.127 e. The lowest BCUT2D eigenvalue weighted by atomic mass is 10.0. The van der Waals surface area contributed by atoms with Gasteiger partial charge in [-0.15, -0.1) is 11.3 Å². The van der Waals surface area contributed by atoms with Crippen molar-refractivity contribution in [3.05, 3.63) is 59.0 Å². The molecular weight excluding hydrogens is 335 g/mol. The number of pyridine rings is 1. The molecule has 1 unspecified atom stereocenters. The van der Waals surface area contributed by atoms with Crippen LogP contribution in [0.15, 0.2) is 41.9 Å². The molecule has 0 saturated heterocycles. The number of aryl methyl sites for hydroxylation is 1. The van der Waals surface area contributed by atoms with Gasteiger partial charge in [0.2, 0.25) is 0 Å². The number of hydrogen-bond donors (Lipinski definition) is 0. The topological polar surface area (TPSA) is 65.9 Å². The van der Waals surface area contributed by atoms with Crippen molar-refractivity contribution in [2.75, 3.05) is 0 Å².